The van der Waals surface area contributed by atoms with Crippen molar-refractivity contribution in [2.75, 3.05) is 10.8 Å². The highest BCUT2D eigenvalue weighted by Gasteiger charge is 2.36. The number of nitro groups is 1. The van der Waals surface area contributed by atoms with Gasteiger partial charge >= 0.3 is 0 Å². The van der Waals surface area contributed by atoms with E-state index in [0.29, 0.717) is 12.1 Å². The first kappa shape index (κ1) is 19.7. The molecule has 0 spiro atoms. The van der Waals surface area contributed by atoms with Crippen LogP contribution < -0.4 is 15.4 Å². The van der Waals surface area contributed by atoms with Gasteiger partial charge in [0.25, 0.3) is 15.7 Å². The first-order valence-electron chi connectivity index (χ1n) is 8.96. The minimum atomic E-state index is -4.05. The lowest BCUT2D eigenvalue weighted by molar-refractivity contribution is -0.387. The molecular formula is C19H20N4O4S2. The number of nitrogens with zero attached hydrogens (tertiary/aromatic N) is 2. The molecule has 4 rings (SSSR count). The number of allylic oxidation sites excluding steroid dienone is 1. The van der Waals surface area contributed by atoms with Crippen molar-refractivity contribution in [1.82, 2.24) is 5.32 Å². The van der Waals surface area contributed by atoms with Gasteiger partial charge in [0, 0.05) is 17.5 Å². The molecular weight excluding hydrogens is 412 g/mol. The highest BCUT2D eigenvalue weighted by Crippen LogP contribution is 2.41. The lowest BCUT2D eigenvalue weighted by Gasteiger charge is -2.21. The fraction of sp³-hybridized carbons (Fsp3) is 0.263. The minimum absolute atomic E-state index is 0.238. The minimum Gasteiger partial charge on any atom is -0.358 e. The molecule has 2 aromatic carbocycles. The van der Waals surface area contributed by atoms with Gasteiger partial charge < -0.3 is 11.1 Å². The molecule has 0 aromatic heterocycles. The van der Waals surface area contributed by atoms with Crippen LogP contribution in [0.2, 0.25) is 0 Å². The van der Waals surface area contributed by atoms with Crippen molar-refractivity contribution >= 4 is 38.9 Å². The number of fused-ring (bicyclic) bond motifs is 1. The van der Waals surface area contributed by atoms with E-state index in [4.69, 9.17) is 5.73 Å². The number of anilines is 1. The van der Waals surface area contributed by atoms with Gasteiger partial charge in [-0.05, 0) is 49.6 Å². The lowest BCUT2D eigenvalue weighted by Crippen LogP contribution is -2.43. The summed E-state index contributed by atoms with van der Waals surface area (Å²) in [6.45, 7) is 4.12. The predicted octanol–water partition coefficient (Wildman–Crippen LogP) is 3.00. The van der Waals surface area contributed by atoms with Crippen LogP contribution in [0.3, 0.4) is 0 Å². The van der Waals surface area contributed by atoms with E-state index < -0.39 is 25.6 Å². The summed E-state index contributed by atoms with van der Waals surface area (Å²) in [6.07, 6.45) is 0.530. The summed E-state index contributed by atoms with van der Waals surface area (Å²) in [6, 6.07) is 11.0. The number of thioether (sulfide) groups is 1. The number of nitrogens with one attached hydrogen (secondary N) is 1. The van der Waals surface area contributed by atoms with E-state index in [1.165, 1.54) is 28.6 Å². The number of sulfonamides is 1. The number of nitrogens with two attached hydrogens (primary N) is 1. The van der Waals surface area contributed by atoms with Crippen molar-refractivity contribution in [3.05, 3.63) is 68.6 Å². The third kappa shape index (κ3) is 3.37. The largest absolute Gasteiger partial charge is 0.358 e. The normalized spacial score (nSPS) is 21.3. The van der Waals surface area contributed by atoms with E-state index in [1.54, 1.807) is 17.8 Å². The van der Waals surface area contributed by atoms with Crippen LogP contribution >= 0.6 is 11.8 Å². The summed E-state index contributed by atoms with van der Waals surface area (Å²) in [5, 5.41) is 14.6. The highest BCUT2D eigenvalue weighted by atomic mass is 32.2. The van der Waals surface area contributed by atoms with Crippen molar-refractivity contribution in [2.24, 2.45) is 5.73 Å². The SMILES string of the molecule is CC1=C(c2ccc3c(c2)CCN3S(=O)(=O)c2ccccc2[N+](=O)[O-])NC(C)(N)S1. The third-order valence-electron chi connectivity index (χ3n) is 4.94. The van der Waals surface area contributed by atoms with Gasteiger partial charge in [0.15, 0.2) is 4.90 Å². The molecule has 2 heterocycles. The number of benzene rings is 2. The summed E-state index contributed by atoms with van der Waals surface area (Å²) >= 11 is 1.54. The van der Waals surface area contributed by atoms with Crippen LogP contribution in [0.15, 0.2) is 52.3 Å². The smallest absolute Gasteiger partial charge is 0.289 e. The maximum absolute atomic E-state index is 13.2. The molecule has 0 amide bonds. The Morgan fingerprint density at radius 2 is 2.00 bits per heavy atom. The number of rotatable bonds is 4. The van der Waals surface area contributed by atoms with E-state index in [0.717, 1.165) is 21.7 Å². The van der Waals surface area contributed by atoms with Crippen LogP contribution in [0.4, 0.5) is 11.4 Å². The molecule has 1 unspecified atom stereocenters. The van der Waals surface area contributed by atoms with Crippen LogP contribution in [0.25, 0.3) is 5.70 Å². The Morgan fingerprint density at radius 1 is 1.28 bits per heavy atom. The maximum atomic E-state index is 13.2. The zero-order valence-electron chi connectivity index (χ0n) is 15.9. The topological polar surface area (TPSA) is 119 Å². The van der Waals surface area contributed by atoms with E-state index in [2.05, 4.69) is 5.32 Å². The molecule has 2 aliphatic heterocycles. The van der Waals surface area contributed by atoms with E-state index in [9.17, 15) is 18.5 Å². The van der Waals surface area contributed by atoms with Gasteiger partial charge in [-0.1, -0.05) is 30.0 Å². The molecule has 10 heteroatoms. The molecule has 0 radical (unpaired) electrons. The summed E-state index contributed by atoms with van der Waals surface area (Å²) in [5.74, 6) is 0. The van der Waals surface area contributed by atoms with Crippen molar-refractivity contribution in [3.8, 4) is 0 Å². The Hall–Kier alpha value is -2.56. The standard InChI is InChI=1S/C19H20N4O4S2/c1-12-18(21-19(2,20)28-12)14-7-8-15-13(11-14)9-10-22(15)29(26,27)17-6-4-3-5-16(17)23(24)25/h3-8,11,21H,9-10,20H2,1-2H3. The maximum Gasteiger partial charge on any atom is 0.289 e. The molecule has 0 saturated carbocycles. The summed E-state index contributed by atoms with van der Waals surface area (Å²) in [7, 11) is -4.05. The molecule has 2 aromatic rings. The Balaban J connectivity index is 1.72. The first-order chi connectivity index (χ1) is 13.6. The molecule has 8 nitrogen and oxygen atoms in total. The fourth-order valence-corrected chi connectivity index (χ4v) is 6.45. The van der Waals surface area contributed by atoms with Gasteiger partial charge in [-0.3, -0.25) is 14.4 Å². The van der Waals surface area contributed by atoms with E-state index >= 15 is 0 Å². The van der Waals surface area contributed by atoms with Crippen molar-refractivity contribution in [2.45, 2.75) is 30.2 Å². The molecule has 29 heavy (non-hydrogen) atoms. The zero-order valence-corrected chi connectivity index (χ0v) is 17.5. The molecule has 0 fully saturated rings. The molecule has 0 aliphatic carbocycles. The molecule has 0 bridgehead atoms. The van der Waals surface area contributed by atoms with Crippen LogP contribution in [-0.4, -0.2) is 24.9 Å². The fourth-order valence-electron chi connectivity index (χ4n) is 3.73. The average Bonchev–Trinajstić information content (AvgIpc) is 3.21. The zero-order chi connectivity index (χ0) is 21.0. The predicted molar refractivity (Wildman–Crippen MR) is 114 cm³/mol. The van der Waals surface area contributed by atoms with Crippen LogP contribution in [-0.2, 0) is 16.4 Å². The Bertz CT molecular complexity index is 1160. The van der Waals surface area contributed by atoms with Gasteiger partial charge in [0.05, 0.1) is 16.3 Å². The quantitative estimate of drug-likeness (QED) is 0.563. The van der Waals surface area contributed by atoms with Gasteiger partial charge in [0.2, 0.25) is 0 Å². The van der Waals surface area contributed by atoms with Gasteiger partial charge in [-0.2, -0.15) is 0 Å². The number of nitro benzene ring substituents is 1. The van der Waals surface area contributed by atoms with E-state index in [1.807, 2.05) is 26.0 Å². The second-order valence-corrected chi connectivity index (χ2v) is 10.7. The average molecular weight is 433 g/mol. The van der Waals surface area contributed by atoms with Crippen molar-refractivity contribution in [3.63, 3.8) is 0 Å². The van der Waals surface area contributed by atoms with Gasteiger partial charge in [-0.25, -0.2) is 8.42 Å². The number of hydrogen-bond donors (Lipinski definition) is 2. The highest BCUT2D eigenvalue weighted by molar-refractivity contribution is 8.04. The van der Waals surface area contributed by atoms with Crippen molar-refractivity contribution < 1.29 is 13.3 Å². The molecule has 2 aliphatic rings. The van der Waals surface area contributed by atoms with Gasteiger partial charge in [0.1, 0.15) is 4.99 Å². The monoisotopic (exact) mass is 432 g/mol. The number of para-hydroxylation sites is 1. The molecule has 3 N–H and O–H groups in total. The van der Waals surface area contributed by atoms with Gasteiger partial charge in [-0.15, -0.1) is 0 Å². The summed E-state index contributed by atoms with van der Waals surface area (Å²) in [5.41, 5.74) is 9.03. The second kappa shape index (κ2) is 6.75. The Kier molecular flexibility index (Phi) is 4.60. The summed E-state index contributed by atoms with van der Waals surface area (Å²) in [4.78, 5) is 10.8. The molecule has 152 valence electrons. The van der Waals surface area contributed by atoms with Crippen LogP contribution in [0.5, 0.6) is 0 Å². The first-order valence-corrected chi connectivity index (χ1v) is 11.2. The second-order valence-electron chi connectivity index (χ2n) is 7.16. The molecule has 0 saturated heterocycles. The summed E-state index contributed by atoms with van der Waals surface area (Å²) < 4.78 is 27.6. The van der Waals surface area contributed by atoms with Crippen LogP contribution in [0, 0.1) is 10.1 Å². The van der Waals surface area contributed by atoms with E-state index in [-0.39, 0.29) is 11.4 Å². The third-order valence-corrected chi connectivity index (χ3v) is 7.84. The molecule has 1 atom stereocenters. The van der Waals surface area contributed by atoms with Crippen LogP contribution in [0.1, 0.15) is 25.0 Å². The van der Waals surface area contributed by atoms with Crippen molar-refractivity contribution in [1.29, 1.82) is 0 Å². The Morgan fingerprint density at radius 3 is 2.66 bits per heavy atom. The lowest BCUT2D eigenvalue weighted by atomic mass is 10.1. The Labute approximate surface area is 173 Å². The number of hydrogen-bond acceptors (Lipinski definition) is 7.